The molecule has 0 spiro atoms. The van der Waals surface area contributed by atoms with E-state index in [1.807, 2.05) is 41.3 Å². The number of hydrogen-bond donors (Lipinski definition) is 1. The van der Waals surface area contributed by atoms with Gasteiger partial charge in [-0.25, -0.2) is 0 Å². The van der Waals surface area contributed by atoms with E-state index in [0.29, 0.717) is 37.4 Å². The Labute approximate surface area is 210 Å². The van der Waals surface area contributed by atoms with Crippen LogP contribution >= 0.6 is 0 Å². The van der Waals surface area contributed by atoms with Gasteiger partial charge in [0.25, 0.3) is 17.5 Å². The fraction of sp³-hybridized carbons (Fsp3) is 0.286. The zero-order valence-electron chi connectivity index (χ0n) is 20.7. The highest BCUT2D eigenvalue weighted by atomic mass is 16.6. The van der Waals surface area contributed by atoms with Crippen LogP contribution < -0.4 is 10.2 Å². The minimum absolute atomic E-state index is 0.0495. The van der Waals surface area contributed by atoms with E-state index >= 15 is 0 Å². The van der Waals surface area contributed by atoms with Crippen molar-refractivity contribution in [1.82, 2.24) is 4.90 Å². The third kappa shape index (κ3) is 5.71. The molecule has 0 saturated carbocycles. The molecular weight excluding hydrogens is 456 g/mol. The number of rotatable bonds is 5. The minimum Gasteiger partial charge on any atom is -0.368 e. The van der Waals surface area contributed by atoms with Gasteiger partial charge in [-0.05, 0) is 53.4 Å². The van der Waals surface area contributed by atoms with E-state index < -0.39 is 10.8 Å². The number of nitrogens with zero attached hydrogens (tertiary/aromatic N) is 3. The molecule has 1 saturated heterocycles. The summed E-state index contributed by atoms with van der Waals surface area (Å²) in [7, 11) is 0. The van der Waals surface area contributed by atoms with Gasteiger partial charge >= 0.3 is 0 Å². The maximum atomic E-state index is 13.0. The van der Waals surface area contributed by atoms with E-state index in [0.717, 1.165) is 5.69 Å². The average molecular weight is 487 g/mol. The molecule has 186 valence electrons. The molecule has 1 aliphatic heterocycles. The van der Waals surface area contributed by atoms with Crippen LogP contribution in [-0.2, 0) is 5.41 Å². The fourth-order valence-electron chi connectivity index (χ4n) is 4.18. The van der Waals surface area contributed by atoms with Gasteiger partial charge in [0, 0.05) is 60.8 Å². The molecule has 4 rings (SSSR count). The minimum atomic E-state index is -0.526. The smallest absolute Gasteiger partial charge is 0.270 e. The van der Waals surface area contributed by atoms with Crippen LogP contribution in [0.1, 0.15) is 47.1 Å². The number of carbonyl (C=O) groups excluding carboxylic acids is 2. The predicted molar refractivity (Wildman–Crippen MR) is 141 cm³/mol. The van der Waals surface area contributed by atoms with Crippen LogP contribution in [0.3, 0.4) is 0 Å². The van der Waals surface area contributed by atoms with Crippen LogP contribution in [0.2, 0.25) is 0 Å². The van der Waals surface area contributed by atoms with Crippen molar-refractivity contribution >= 4 is 28.9 Å². The van der Waals surface area contributed by atoms with Gasteiger partial charge in [0.2, 0.25) is 0 Å². The quantitative estimate of drug-likeness (QED) is 0.400. The maximum absolute atomic E-state index is 13.0. The summed E-state index contributed by atoms with van der Waals surface area (Å²) in [6, 6.07) is 21.0. The van der Waals surface area contributed by atoms with Gasteiger partial charge in [-0.3, -0.25) is 19.7 Å². The molecule has 1 aliphatic rings. The van der Waals surface area contributed by atoms with Crippen LogP contribution in [0.5, 0.6) is 0 Å². The van der Waals surface area contributed by atoms with Crippen molar-refractivity contribution in [2.24, 2.45) is 0 Å². The van der Waals surface area contributed by atoms with E-state index in [1.165, 1.54) is 29.8 Å². The normalized spacial score (nSPS) is 13.9. The number of hydrogen-bond acceptors (Lipinski definition) is 5. The Balaban J connectivity index is 1.32. The van der Waals surface area contributed by atoms with Crippen LogP contribution in [0, 0.1) is 10.1 Å². The number of nitro groups is 1. The molecule has 8 heteroatoms. The van der Waals surface area contributed by atoms with Gasteiger partial charge in [0.1, 0.15) is 0 Å². The van der Waals surface area contributed by atoms with Crippen LogP contribution in [0.25, 0.3) is 0 Å². The van der Waals surface area contributed by atoms with E-state index in [-0.39, 0.29) is 22.6 Å². The first kappa shape index (κ1) is 24.9. The van der Waals surface area contributed by atoms with Crippen LogP contribution in [0.15, 0.2) is 72.8 Å². The maximum Gasteiger partial charge on any atom is 0.270 e. The van der Waals surface area contributed by atoms with Crippen molar-refractivity contribution in [2.45, 2.75) is 26.2 Å². The van der Waals surface area contributed by atoms with E-state index in [9.17, 15) is 19.7 Å². The van der Waals surface area contributed by atoms with Gasteiger partial charge in [0.05, 0.1) is 4.92 Å². The van der Waals surface area contributed by atoms with Crippen molar-refractivity contribution < 1.29 is 14.5 Å². The average Bonchev–Trinajstić information content (AvgIpc) is 2.88. The molecule has 1 heterocycles. The standard InChI is InChI=1S/C28H30N4O4/c1-28(2,3)22-9-7-20(8-10-22)27(34)31-17-15-30(16-18-31)24-13-11-23(12-14-24)29-26(33)21-5-4-6-25(19-21)32(35)36/h4-14,19H,15-18H2,1-3H3,(H,29,33). The number of piperazine rings is 1. The molecule has 2 amide bonds. The highest BCUT2D eigenvalue weighted by molar-refractivity contribution is 6.04. The van der Waals surface area contributed by atoms with Gasteiger partial charge < -0.3 is 15.1 Å². The van der Waals surface area contributed by atoms with E-state index in [2.05, 4.69) is 31.0 Å². The second-order valence-corrected chi connectivity index (χ2v) is 9.92. The first-order chi connectivity index (χ1) is 17.1. The Morgan fingerprint density at radius 1 is 0.861 bits per heavy atom. The molecule has 0 aliphatic carbocycles. The molecule has 0 radical (unpaired) electrons. The highest BCUT2D eigenvalue weighted by Crippen LogP contribution is 2.24. The van der Waals surface area contributed by atoms with Gasteiger partial charge in [-0.15, -0.1) is 0 Å². The third-order valence-corrected chi connectivity index (χ3v) is 6.37. The number of nitro benzene ring substituents is 1. The van der Waals surface area contributed by atoms with Gasteiger partial charge in [-0.2, -0.15) is 0 Å². The molecule has 0 atom stereocenters. The molecule has 1 fully saturated rings. The second-order valence-electron chi connectivity index (χ2n) is 9.92. The summed E-state index contributed by atoms with van der Waals surface area (Å²) in [5, 5.41) is 13.7. The lowest BCUT2D eigenvalue weighted by molar-refractivity contribution is -0.384. The number of carbonyl (C=O) groups is 2. The molecule has 3 aromatic rings. The highest BCUT2D eigenvalue weighted by Gasteiger charge is 2.23. The summed E-state index contributed by atoms with van der Waals surface area (Å²) in [5.41, 5.74) is 3.66. The fourth-order valence-corrected chi connectivity index (χ4v) is 4.18. The van der Waals surface area contributed by atoms with Crippen molar-refractivity contribution in [2.75, 3.05) is 36.4 Å². The molecule has 8 nitrogen and oxygen atoms in total. The summed E-state index contributed by atoms with van der Waals surface area (Å²) in [6.45, 7) is 9.15. The Morgan fingerprint density at radius 2 is 1.50 bits per heavy atom. The molecule has 1 N–H and O–H groups in total. The van der Waals surface area contributed by atoms with Crippen LogP contribution in [0.4, 0.5) is 17.1 Å². The number of amides is 2. The predicted octanol–water partition coefficient (Wildman–Crippen LogP) is 5.11. The number of anilines is 2. The SMILES string of the molecule is CC(C)(C)c1ccc(C(=O)N2CCN(c3ccc(NC(=O)c4cccc([N+](=O)[O-])c4)cc3)CC2)cc1. The summed E-state index contributed by atoms with van der Waals surface area (Å²) in [4.78, 5) is 39.9. The van der Waals surface area contributed by atoms with Gasteiger partial charge in [-0.1, -0.05) is 39.0 Å². The topological polar surface area (TPSA) is 95.8 Å². The third-order valence-electron chi connectivity index (χ3n) is 6.37. The Kier molecular flexibility index (Phi) is 7.05. The molecule has 0 aromatic heterocycles. The lowest BCUT2D eigenvalue weighted by atomic mass is 9.86. The Bertz CT molecular complexity index is 1260. The molecule has 36 heavy (non-hydrogen) atoms. The largest absolute Gasteiger partial charge is 0.368 e. The van der Waals surface area contributed by atoms with Crippen molar-refractivity contribution in [1.29, 1.82) is 0 Å². The van der Waals surface area contributed by atoms with Crippen molar-refractivity contribution in [3.05, 3.63) is 99.6 Å². The van der Waals surface area contributed by atoms with E-state index in [4.69, 9.17) is 0 Å². The first-order valence-corrected chi connectivity index (χ1v) is 11.9. The lowest BCUT2D eigenvalue weighted by Crippen LogP contribution is -2.48. The van der Waals surface area contributed by atoms with Crippen molar-refractivity contribution in [3.63, 3.8) is 0 Å². The van der Waals surface area contributed by atoms with Crippen molar-refractivity contribution in [3.8, 4) is 0 Å². The monoisotopic (exact) mass is 486 g/mol. The summed E-state index contributed by atoms with van der Waals surface area (Å²) < 4.78 is 0. The summed E-state index contributed by atoms with van der Waals surface area (Å²) in [6.07, 6.45) is 0. The molecule has 0 bridgehead atoms. The summed E-state index contributed by atoms with van der Waals surface area (Å²) in [5.74, 6) is -0.358. The van der Waals surface area contributed by atoms with Crippen LogP contribution in [-0.4, -0.2) is 47.8 Å². The number of non-ortho nitro benzene ring substituents is 1. The van der Waals surface area contributed by atoms with Gasteiger partial charge in [0.15, 0.2) is 0 Å². The molecule has 0 unspecified atom stereocenters. The van der Waals surface area contributed by atoms with E-state index in [1.54, 1.807) is 12.1 Å². The zero-order valence-corrected chi connectivity index (χ0v) is 20.7. The Morgan fingerprint density at radius 3 is 2.08 bits per heavy atom. The zero-order chi connectivity index (χ0) is 25.9. The number of benzene rings is 3. The molecular formula is C28H30N4O4. The Hall–Kier alpha value is -4.20. The molecule has 3 aromatic carbocycles. The first-order valence-electron chi connectivity index (χ1n) is 11.9. The lowest BCUT2D eigenvalue weighted by Gasteiger charge is -2.36. The second kappa shape index (κ2) is 10.2. The summed E-state index contributed by atoms with van der Waals surface area (Å²) >= 11 is 0. The number of nitrogens with one attached hydrogen (secondary N) is 1.